The normalized spacial score (nSPS) is 17.1. The molecule has 0 amide bonds. The zero-order valence-electron chi connectivity index (χ0n) is 11.7. The Labute approximate surface area is 139 Å². The number of nitrogens with zero attached hydrogens (tertiary/aromatic N) is 1. The monoisotopic (exact) mass is 364 g/mol. The third kappa shape index (κ3) is 3.10. The van der Waals surface area contributed by atoms with Gasteiger partial charge in [0.25, 0.3) is 0 Å². The zero-order chi connectivity index (χ0) is 14.8. The molecule has 0 aliphatic carbocycles. The summed E-state index contributed by atoms with van der Waals surface area (Å²) >= 11 is 9.74. The van der Waals surface area contributed by atoms with Crippen molar-refractivity contribution in [3.05, 3.63) is 63.1 Å². The first kappa shape index (κ1) is 14.9. The highest BCUT2D eigenvalue weighted by Gasteiger charge is 2.27. The Morgan fingerprint density at radius 3 is 2.86 bits per heavy atom. The summed E-state index contributed by atoms with van der Waals surface area (Å²) in [5.74, 6) is 0.532. The van der Waals surface area contributed by atoms with Crippen molar-refractivity contribution >= 4 is 33.2 Å². The summed E-state index contributed by atoms with van der Waals surface area (Å²) in [6, 6.07) is 14.6. The molecule has 1 aliphatic heterocycles. The summed E-state index contributed by atoms with van der Waals surface area (Å²) in [6.45, 7) is 2.61. The number of para-hydroxylation sites is 1. The van der Waals surface area contributed by atoms with Crippen molar-refractivity contribution in [1.82, 2.24) is 0 Å². The lowest BCUT2D eigenvalue weighted by molar-refractivity contribution is 0.644. The van der Waals surface area contributed by atoms with Crippen molar-refractivity contribution in [2.24, 2.45) is 5.73 Å². The Bertz CT molecular complexity index is 644. The van der Waals surface area contributed by atoms with Crippen molar-refractivity contribution in [2.45, 2.75) is 18.9 Å². The number of fused-ring (bicyclic) bond motifs is 1. The molecule has 0 spiro atoms. The van der Waals surface area contributed by atoms with Crippen molar-refractivity contribution < 1.29 is 0 Å². The lowest BCUT2D eigenvalue weighted by Crippen LogP contribution is -2.22. The van der Waals surface area contributed by atoms with E-state index in [-0.39, 0.29) is 0 Å². The molecule has 1 unspecified atom stereocenters. The maximum Gasteiger partial charge on any atom is 0.0441 e. The van der Waals surface area contributed by atoms with Gasteiger partial charge in [-0.1, -0.05) is 45.7 Å². The molecule has 0 aromatic heterocycles. The van der Waals surface area contributed by atoms with Gasteiger partial charge in [-0.25, -0.2) is 0 Å². The van der Waals surface area contributed by atoms with Gasteiger partial charge in [-0.05, 0) is 48.4 Å². The predicted molar refractivity (Wildman–Crippen MR) is 93.1 cm³/mol. The molecule has 1 aliphatic rings. The first-order valence-electron chi connectivity index (χ1n) is 7.17. The smallest absolute Gasteiger partial charge is 0.0441 e. The molecule has 21 heavy (non-hydrogen) atoms. The van der Waals surface area contributed by atoms with Crippen molar-refractivity contribution in [3.8, 4) is 0 Å². The van der Waals surface area contributed by atoms with E-state index in [1.54, 1.807) is 0 Å². The molecule has 0 radical (unpaired) electrons. The van der Waals surface area contributed by atoms with Crippen LogP contribution in [0.15, 0.2) is 46.9 Å². The number of anilines is 1. The number of rotatable bonds is 4. The first-order chi connectivity index (χ1) is 10.2. The topological polar surface area (TPSA) is 29.3 Å². The summed E-state index contributed by atoms with van der Waals surface area (Å²) < 4.78 is 1.10. The second-order valence-electron chi connectivity index (χ2n) is 5.45. The van der Waals surface area contributed by atoms with Crippen LogP contribution in [-0.2, 0) is 6.54 Å². The van der Waals surface area contributed by atoms with Crippen LogP contribution >= 0.6 is 27.5 Å². The fourth-order valence-corrected chi connectivity index (χ4v) is 3.62. The molecule has 2 aromatic carbocycles. The maximum atomic E-state index is 6.13. The summed E-state index contributed by atoms with van der Waals surface area (Å²) in [6.07, 6.45) is 1.03. The number of halogens is 2. The van der Waals surface area contributed by atoms with Crippen LogP contribution in [0.4, 0.5) is 5.69 Å². The van der Waals surface area contributed by atoms with Gasteiger partial charge in [-0.2, -0.15) is 0 Å². The Hall–Kier alpha value is -1.03. The van der Waals surface area contributed by atoms with E-state index in [1.807, 2.05) is 18.2 Å². The molecule has 1 heterocycles. The van der Waals surface area contributed by atoms with Gasteiger partial charge >= 0.3 is 0 Å². The number of hydrogen-bond acceptors (Lipinski definition) is 2. The molecule has 1 atom stereocenters. The molecule has 0 bridgehead atoms. The summed E-state index contributed by atoms with van der Waals surface area (Å²) in [4.78, 5) is 2.42. The minimum absolute atomic E-state index is 0.532. The predicted octanol–water partition coefficient (Wildman–Crippen LogP) is 4.56. The molecule has 2 N–H and O–H groups in total. The molecule has 2 aromatic rings. The third-order valence-corrected chi connectivity index (χ3v) is 5.05. The van der Waals surface area contributed by atoms with E-state index < -0.39 is 0 Å². The second kappa shape index (κ2) is 6.39. The third-order valence-electron chi connectivity index (χ3n) is 4.04. The Balaban J connectivity index is 1.88. The SMILES string of the molecule is NCCC1CN(Cc2cc(Cl)ccc2Br)c2ccccc21. The van der Waals surface area contributed by atoms with Gasteiger partial charge in [0.05, 0.1) is 0 Å². The summed E-state index contributed by atoms with van der Waals surface area (Å²) in [5.41, 5.74) is 9.72. The first-order valence-corrected chi connectivity index (χ1v) is 8.34. The molecular formula is C17H18BrClN2. The molecule has 0 saturated heterocycles. The molecule has 110 valence electrons. The van der Waals surface area contributed by atoms with Gasteiger partial charge in [0.1, 0.15) is 0 Å². The highest BCUT2D eigenvalue weighted by Crippen LogP contribution is 2.39. The van der Waals surface area contributed by atoms with Crippen LogP contribution in [0.5, 0.6) is 0 Å². The van der Waals surface area contributed by atoms with Crippen LogP contribution in [0.25, 0.3) is 0 Å². The fraction of sp³-hybridized carbons (Fsp3) is 0.294. The largest absolute Gasteiger partial charge is 0.366 e. The van der Waals surface area contributed by atoms with Gasteiger partial charge in [-0.3, -0.25) is 0 Å². The minimum Gasteiger partial charge on any atom is -0.366 e. The highest BCUT2D eigenvalue weighted by molar-refractivity contribution is 9.10. The lowest BCUT2D eigenvalue weighted by Gasteiger charge is -2.21. The second-order valence-corrected chi connectivity index (χ2v) is 6.74. The molecule has 0 saturated carbocycles. The van der Waals surface area contributed by atoms with E-state index in [0.717, 1.165) is 35.6 Å². The summed E-state index contributed by atoms with van der Waals surface area (Å²) in [5, 5.41) is 0.777. The van der Waals surface area contributed by atoms with E-state index in [4.69, 9.17) is 17.3 Å². The number of hydrogen-bond donors (Lipinski definition) is 1. The fourth-order valence-electron chi connectivity index (χ4n) is 3.05. The van der Waals surface area contributed by atoms with Crippen LogP contribution in [-0.4, -0.2) is 13.1 Å². The van der Waals surface area contributed by atoms with Crippen molar-refractivity contribution in [3.63, 3.8) is 0 Å². The number of nitrogens with two attached hydrogens (primary N) is 1. The van der Waals surface area contributed by atoms with E-state index in [1.165, 1.54) is 16.8 Å². The Morgan fingerprint density at radius 2 is 2.05 bits per heavy atom. The van der Waals surface area contributed by atoms with Gasteiger partial charge in [0.15, 0.2) is 0 Å². The van der Waals surface area contributed by atoms with Crippen LogP contribution in [0.3, 0.4) is 0 Å². The lowest BCUT2D eigenvalue weighted by atomic mass is 9.98. The van der Waals surface area contributed by atoms with Gasteiger partial charge < -0.3 is 10.6 Å². The average Bonchev–Trinajstić information content (AvgIpc) is 2.82. The standard InChI is InChI=1S/C17H18BrClN2/c18-16-6-5-14(19)9-13(16)11-21-10-12(7-8-20)15-3-1-2-4-17(15)21/h1-6,9,12H,7-8,10-11,20H2. The van der Waals surface area contributed by atoms with Gasteiger partial charge in [-0.15, -0.1) is 0 Å². The van der Waals surface area contributed by atoms with E-state index >= 15 is 0 Å². The maximum absolute atomic E-state index is 6.13. The summed E-state index contributed by atoms with van der Waals surface area (Å²) in [7, 11) is 0. The highest BCUT2D eigenvalue weighted by atomic mass is 79.9. The molecule has 4 heteroatoms. The van der Waals surface area contributed by atoms with E-state index in [2.05, 4.69) is 45.1 Å². The van der Waals surface area contributed by atoms with Crippen molar-refractivity contribution in [1.29, 1.82) is 0 Å². The van der Waals surface area contributed by atoms with E-state index in [0.29, 0.717) is 5.92 Å². The van der Waals surface area contributed by atoms with Crippen LogP contribution in [0, 0.1) is 0 Å². The molecule has 2 nitrogen and oxygen atoms in total. The number of benzene rings is 2. The van der Waals surface area contributed by atoms with Crippen LogP contribution < -0.4 is 10.6 Å². The Morgan fingerprint density at radius 1 is 1.24 bits per heavy atom. The minimum atomic E-state index is 0.532. The quantitative estimate of drug-likeness (QED) is 0.861. The average molecular weight is 366 g/mol. The molecular weight excluding hydrogens is 348 g/mol. The molecule has 3 rings (SSSR count). The van der Waals surface area contributed by atoms with Gasteiger partial charge in [0.2, 0.25) is 0 Å². The Kier molecular flexibility index (Phi) is 4.53. The van der Waals surface area contributed by atoms with E-state index in [9.17, 15) is 0 Å². The van der Waals surface area contributed by atoms with Crippen LogP contribution in [0.2, 0.25) is 5.02 Å². The van der Waals surface area contributed by atoms with Crippen LogP contribution in [0.1, 0.15) is 23.5 Å². The zero-order valence-corrected chi connectivity index (χ0v) is 14.1. The molecule has 0 fully saturated rings. The van der Waals surface area contributed by atoms with Gasteiger partial charge in [0, 0.05) is 34.2 Å². The van der Waals surface area contributed by atoms with Crippen molar-refractivity contribution in [2.75, 3.05) is 18.0 Å².